The van der Waals surface area contributed by atoms with Crippen LogP contribution in [-0.2, 0) is 16.1 Å². The number of amides is 1. The van der Waals surface area contributed by atoms with Crippen molar-refractivity contribution in [2.24, 2.45) is 17.8 Å². The number of hydrogen-bond donors (Lipinski definition) is 2. The highest BCUT2D eigenvalue weighted by molar-refractivity contribution is 5.72. The number of carboxylic acids is 1. The molecule has 0 bridgehead atoms. The van der Waals surface area contributed by atoms with Crippen molar-refractivity contribution in [3.63, 3.8) is 0 Å². The lowest BCUT2D eigenvalue weighted by Gasteiger charge is -2.30. The number of rotatable bonds is 7. The van der Waals surface area contributed by atoms with E-state index in [9.17, 15) is 14.7 Å². The number of carbonyl (C=O) groups excluding carboxylic acids is 1. The van der Waals surface area contributed by atoms with Crippen LogP contribution in [0.2, 0.25) is 0 Å². The van der Waals surface area contributed by atoms with E-state index in [0.29, 0.717) is 18.3 Å². The van der Waals surface area contributed by atoms with Crippen LogP contribution in [0.4, 0.5) is 4.79 Å². The Bertz CT molecular complexity index is 531. The fraction of sp³-hybridized carbons (Fsp3) is 0.579. The van der Waals surface area contributed by atoms with Gasteiger partial charge in [-0.25, -0.2) is 4.79 Å². The van der Waals surface area contributed by atoms with E-state index in [0.717, 1.165) is 12.0 Å². The third-order valence-electron chi connectivity index (χ3n) is 4.93. The predicted molar refractivity (Wildman–Crippen MR) is 91.5 cm³/mol. The zero-order valence-corrected chi connectivity index (χ0v) is 14.2. The molecule has 0 spiro atoms. The van der Waals surface area contributed by atoms with Crippen molar-refractivity contribution in [3.05, 3.63) is 35.9 Å². The minimum absolute atomic E-state index is 0.117. The summed E-state index contributed by atoms with van der Waals surface area (Å²) in [6.45, 7) is 2.50. The van der Waals surface area contributed by atoms with Crippen LogP contribution in [0.1, 0.15) is 44.6 Å². The summed E-state index contributed by atoms with van der Waals surface area (Å²) in [4.78, 5) is 23.3. The van der Waals surface area contributed by atoms with Gasteiger partial charge in [0, 0.05) is 6.54 Å². The fourth-order valence-corrected chi connectivity index (χ4v) is 3.36. The monoisotopic (exact) mass is 333 g/mol. The highest BCUT2D eigenvalue weighted by atomic mass is 16.5. The molecule has 0 radical (unpaired) electrons. The number of benzene rings is 1. The maximum Gasteiger partial charge on any atom is 0.407 e. The Balaban J connectivity index is 1.76. The first-order chi connectivity index (χ1) is 11.6. The van der Waals surface area contributed by atoms with Crippen LogP contribution >= 0.6 is 0 Å². The van der Waals surface area contributed by atoms with Gasteiger partial charge in [0.2, 0.25) is 0 Å². The standard InChI is InChI=1S/C19H27NO4/c1-14-7-5-6-10-16(14)11-17(18(21)22)12-20-19(23)24-13-15-8-3-2-4-9-15/h2-4,8-9,14,16-17H,5-7,10-13H2,1H3,(H,20,23)(H,21,22). The SMILES string of the molecule is CC1CCCCC1CC(CNC(=O)OCc1ccccc1)C(=O)O. The van der Waals surface area contributed by atoms with Crippen LogP contribution in [0, 0.1) is 17.8 Å². The second kappa shape index (κ2) is 9.30. The van der Waals surface area contributed by atoms with Gasteiger partial charge in [0.05, 0.1) is 5.92 Å². The molecule has 0 saturated heterocycles. The zero-order valence-electron chi connectivity index (χ0n) is 14.2. The van der Waals surface area contributed by atoms with Crippen molar-refractivity contribution in [2.45, 2.75) is 45.6 Å². The Kier molecular flexibility index (Phi) is 7.09. The lowest BCUT2D eigenvalue weighted by Crippen LogP contribution is -2.35. The molecule has 5 heteroatoms. The lowest BCUT2D eigenvalue weighted by atomic mass is 9.76. The molecular formula is C19H27NO4. The molecule has 0 heterocycles. The molecule has 3 atom stereocenters. The molecule has 0 aliphatic heterocycles. The van der Waals surface area contributed by atoms with E-state index in [1.165, 1.54) is 19.3 Å². The first-order valence-electron chi connectivity index (χ1n) is 8.73. The molecule has 2 N–H and O–H groups in total. The molecule has 1 aliphatic carbocycles. The number of nitrogens with one attached hydrogen (secondary N) is 1. The van der Waals surface area contributed by atoms with Crippen molar-refractivity contribution >= 4 is 12.1 Å². The summed E-state index contributed by atoms with van der Waals surface area (Å²) in [5.74, 6) is -0.413. The van der Waals surface area contributed by atoms with Crippen molar-refractivity contribution in [1.29, 1.82) is 0 Å². The first kappa shape index (κ1) is 18.3. The third-order valence-corrected chi connectivity index (χ3v) is 4.93. The normalized spacial score (nSPS) is 21.7. The van der Waals surface area contributed by atoms with Gasteiger partial charge in [-0.05, 0) is 23.8 Å². The molecule has 1 amide bonds. The second-order valence-electron chi connectivity index (χ2n) is 6.74. The van der Waals surface area contributed by atoms with Gasteiger partial charge < -0.3 is 15.2 Å². The van der Waals surface area contributed by atoms with E-state index in [-0.39, 0.29) is 13.2 Å². The second-order valence-corrected chi connectivity index (χ2v) is 6.74. The Labute approximate surface area is 143 Å². The fourth-order valence-electron chi connectivity index (χ4n) is 3.36. The molecular weight excluding hydrogens is 306 g/mol. The quantitative estimate of drug-likeness (QED) is 0.795. The van der Waals surface area contributed by atoms with Crippen LogP contribution in [-0.4, -0.2) is 23.7 Å². The topological polar surface area (TPSA) is 75.6 Å². The minimum atomic E-state index is -0.851. The van der Waals surface area contributed by atoms with Crippen LogP contribution < -0.4 is 5.32 Å². The Morgan fingerprint density at radius 3 is 2.62 bits per heavy atom. The zero-order chi connectivity index (χ0) is 17.4. The number of hydrogen-bond acceptors (Lipinski definition) is 3. The van der Waals surface area contributed by atoms with Gasteiger partial charge in [0.25, 0.3) is 0 Å². The van der Waals surface area contributed by atoms with Crippen LogP contribution in [0.25, 0.3) is 0 Å². The summed E-state index contributed by atoms with van der Waals surface area (Å²) >= 11 is 0. The average Bonchev–Trinajstić information content (AvgIpc) is 2.59. The Morgan fingerprint density at radius 2 is 1.96 bits per heavy atom. The maximum absolute atomic E-state index is 11.8. The molecule has 1 aromatic carbocycles. The van der Waals surface area contributed by atoms with Crippen LogP contribution in [0.3, 0.4) is 0 Å². The van der Waals surface area contributed by atoms with Gasteiger partial charge in [-0.1, -0.05) is 62.9 Å². The van der Waals surface area contributed by atoms with Crippen molar-refractivity contribution < 1.29 is 19.4 Å². The van der Waals surface area contributed by atoms with Gasteiger partial charge in [-0.15, -0.1) is 0 Å². The summed E-state index contributed by atoms with van der Waals surface area (Å²) in [7, 11) is 0. The Morgan fingerprint density at radius 1 is 1.25 bits per heavy atom. The first-order valence-corrected chi connectivity index (χ1v) is 8.73. The van der Waals surface area contributed by atoms with E-state index in [1.54, 1.807) is 0 Å². The molecule has 5 nitrogen and oxygen atoms in total. The third kappa shape index (κ3) is 5.87. The smallest absolute Gasteiger partial charge is 0.407 e. The molecule has 0 aromatic heterocycles. The molecule has 2 rings (SSSR count). The lowest BCUT2D eigenvalue weighted by molar-refractivity contribution is -0.142. The molecule has 1 fully saturated rings. The van der Waals surface area contributed by atoms with Gasteiger partial charge >= 0.3 is 12.1 Å². The highest BCUT2D eigenvalue weighted by Crippen LogP contribution is 2.34. The van der Waals surface area contributed by atoms with Gasteiger partial charge in [0.1, 0.15) is 6.61 Å². The number of aliphatic carboxylic acids is 1. The summed E-state index contributed by atoms with van der Waals surface area (Å²) in [6.07, 6.45) is 4.72. The molecule has 1 aromatic rings. The van der Waals surface area contributed by atoms with E-state index in [4.69, 9.17) is 4.74 Å². The van der Waals surface area contributed by atoms with E-state index in [1.807, 2.05) is 30.3 Å². The largest absolute Gasteiger partial charge is 0.481 e. The number of alkyl carbamates (subject to hydrolysis) is 1. The average molecular weight is 333 g/mol. The van der Waals surface area contributed by atoms with Crippen molar-refractivity contribution in [2.75, 3.05) is 6.54 Å². The molecule has 3 unspecified atom stereocenters. The number of ether oxygens (including phenoxy) is 1. The summed E-state index contributed by atoms with van der Waals surface area (Å²) < 4.78 is 5.13. The van der Waals surface area contributed by atoms with Gasteiger partial charge in [-0.2, -0.15) is 0 Å². The van der Waals surface area contributed by atoms with Gasteiger partial charge in [-0.3, -0.25) is 4.79 Å². The molecule has 24 heavy (non-hydrogen) atoms. The van der Waals surface area contributed by atoms with Gasteiger partial charge in [0.15, 0.2) is 0 Å². The molecule has 132 valence electrons. The van der Waals surface area contributed by atoms with E-state index in [2.05, 4.69) is 12.2 Å². The van der Waals surface area contributed by atoms with Crippen molar-refractivity contribution in [1.82, 2.24) is 5.32 Å². The summed E-state index contributed by atoms with van der Waals surface area (Å²) in [5.41, 5.74) is 0.901. The summed E-state index contributed by atoms with van der Waals surface area (Å²) in [6, 6.07) is 9.40. The minimum Gasteiger partial charge on any atom is -0.481 e. The molecule has 1 aliphatic rings. The van der Waals surface area contributed by atoms with E-state index < -0.39 is 18.0 Å². The Hall–Kier alpha value is -2.04. The van der Waals surface area contributed by atoms with Crippen LogP contribution in [0.15, 0.2) is 30.3 Å². The van der Waals surface area contributed by atoms with E-state index >= 15 is 0 Å². The predicted octanol–water partition coefficient (Wildman–Crippen LogP) is 3.83. The maximum atomic E-state index is 11.8. The highest BCUT2D eigenvalue weighted by Gasteiger charge is 2.28. The number of carboxylic acid groups (broad SMARTS) is 1. The number of carbonyl (C=O) groups is 2. The van der Waals surface area contributed by atoms with Crippen LogP contribution in [0.5, 0.6) is 0 Å². The molecule has 1 saturated carbocycles. The summed E-state index contributed by atoms with van der Waals surface area (Å²) in [5, 5.41) is 12.0. The van der Waals surface area contributed by atoms with Crippen molar-refractivity contribution in [3.8, 4) is 0 Å².